The summed E-state index contributed by atoms with van der Waals surface area (Å²) in [5, 5.41) is 3.49. The molecule has 94 valence electrons. The van der Waals surface area contributed by atoms with Crippen molar-refractivity contribution in [3.63, 3.8) is 0 Å². The number of rotatable bonds is 4. The van der Waals surface area contributed by atoms with E-state index in [-0.39, 0.29) is 0 Å². The van der Waals surface area contributed by atoms with Crippen molar-refractivity contribution >= 4 is 23.1 Å². The molecule has 17 heavy (non-hydrogen) atoms. The minimum Gasteiger partial charge on any atom is -0.383 e. The molecule has 1 aliphatic heterocycles. The number of nitrogens with zero attached hydrogens (tertiary/aromatic N) is 3. The summed E-state index contributed by atoms with van der Waals surface area (Å²) in [6.07, 6.45) is 2.60. The maximum absolute atomic E-state index is 6.03. The fourth-order valence-electron chi connectivity index (χ4n) is 2.06. The standard InChI is InChI=1S/C11H17ClN4O/c1-13-9-10(12)14-7-15-11(9)16(2)5-8-3-4-17-6-8/h7-8,13H,3-6H2,1-2H3. The van der Waals surface area contributed by atoms with Crippen molar-refractivity contribution in [1.82, 2.24) is 9.97 Å². The molecule has 5 nitrogen and oxygen atoms in total. The number of nitrogens with one attached hydrogen (secondary N) is 1. The molecule has 0 saturated carbocycles. The molecule has 2 rings (SSSR count). The summed E-state index contributed by atoms with van der Waals surface area (Å²) in [6.45, 7) is 2.61. The van der Waals surface area contributed by atoms with E-state index in [4.69, 9.17) is 16.3 Å². The van der Waals surface area contributed by atoms with Crippen LogP contribution in [0.3, 0.4) is 0 Å². The minimum absolute atomic E-state index is 0.451. The molecule has 1 aromatic rings. The summed E-state index contributed by atoms with van der Waals surface area (Å²) in [4.78, 5) is 10.3. The third-order valence-corrected chi connectivity index (χ3v) is 3.24. The zero-order chi connectivity index (χ0) is 12.3. The molecule has 1 aliphatic rings. The van der Waals surface area contributed by atoms with Crippen molar-refractivity contribution in [2.45, 2.75) is 6.42 Å². The van der Waals surface area contributed by atoms with Gasteiger partial charge in [0.1, 0.15) is 12.0 Å². The summed E-state index contributed by atoms with van der Waals surface area (Å²) in [5.74, 6) is 1.40. The van der Waals surface area contributed by atoms with Gasteiger partial charge in [-0.05, 0) is 6.42 Å². The van der Waals surface area contributed by atoms with Gasteiger partial charge in [-0.2, -0.15) is 0 Å². The molecule has 2 heterocycles. The highest BCUT2D eigenvalue weighted by molar-refractivity contribution is 6.32. The first-order chi connectivity index (χ1) is 8.22. The van der Waals surface area contributed by atoms with Crippen molar-refractivity contribution in [3.8, 4) is 0 Å². The van der Waals surface area contributed by atoms with Crippen molar-refractivity contribution in [3.05, 3.63) is 11.5 Å². The number of ether oxygens (including phenoxy) is 1. The highest BCUT2D eigenvalue weighted by Gasteiger charge is 2.20. The van der Waals surface area contributed by atoms with Crippen LogP contribution in [-0.2, 0) is 4.74 Å². The molecule has 1 fully saturated rings. The average Bonchev–Trinajstić information content (AvgIpc) is 2.81. The van der Waals surface area contributed by atoms with Gasteiger partial charge >= 0.3 is 0 Å². The van der Waals surface area contributed by atoms with Gasteiger partial charge in [0.25, 0.3) is 0 Å². The largest absolute Gasteiger partial charge is 0.383 e. The quantitative estimate of drug-likeness (QED) is 0.830. The number of aromatic nitrogens is 2. The SMILES string of the molecule is CNc1c(Cl)ncnc1N(C)CC1CCOC1. The van der Waals surface area contributed by atoms with Gasteiger partial charge in [-0.3, -0.25) is 0 Å². The lowest BCUT2D eigenvalue weighted by Gasteiger charge is -2.23. The first-order valence-electron chi connectivity index (χ1n) is 5.69. The van der Waals surface area contributed by atoms with Crippen LogP contribution in [0.1, 0.15) is 6.42 Å². The highest BCUT2D eigenvalue weighted by Crippen LogP contribution is 2.28. The maximum Gasteiger partial charge on any atom is 0.157 e. The Morgan fingerprint density at radius 3 is 3.06 bits per heavy atom. The van der Waals surface area contributed by atoms with Crippen LogP contribution < -0.4 is 10.2 Å². The first-order valence-corrected chi connectivity index (χ1v) is 6.07. The minimum atomic E-state index is 0.451. The lowest BCUT2D eigenvalue weighted by atomic mass is 10.1. The molecule has 0 bridgehead atoms. The number of hydrogen-bond donors (Lipinski definition) is 1. The van der Waals surface area contributed by atoms with E-state index in [1.165, 1.54) is 6.33 Å². The lowest BCUT2D eigenvalue weighted by Crippen LogP contribution is -2.27. The van der Waals surface area contributed by atoms with Crippen molar-refractivity contribution in [2.75, 3.05) is 44.1 Å². The van der Waals surface area contributed by atoms with E-state index in [0.717, 1.165) is 37.7 Å². The Bertz CT molecular complexity index is 382. The maximum atomic E-state index is 6.03. The van der Waals surface area contributed by atoms with Gasteiger partial charge in [-0.1, -0.05) is 11.6 Å². The molecule has 1 atom stereocenters. The average molecular weight is 257 g/mol. The molecule has 0 aromatic carbocycles. The molecule has 0 amide bonds. The van der Waals surface area contributed by atoms with E-state index in [2.05, 4.69) is 20.2 Å². The monoisotopic (exact) mass is 256 g/mol. The van der Waals surface area contributed by atoms with E-state index in [9.17, 15) is 0 Å². The van der Waals surface area contributed by atoms with Gasteiger partial charge in [0, 0.05) is 33.2 Å². The molecule has 6 heteroatoms. The predicted molar refractivity (Wildman–Crippen MR) is 68.8 cm³/mol. The Morgan fingerprint density at radius 1 is 1.59 bits per heavy atom. The van der Waals surface area contributed by atoms with Gasteiger partial charge in [0.05, 0.1) is 6.61 Å². The molecule has 0 spiro atoms. The van der Waals surface area contributed by atoms with Crippen molar-refractivity contribution < 1.29 is 4.74 Å². The molecule has 1 aromatic heterocycles. The second kappa shape index (κ2) is 5.51. The number of halogens is 1. The zero-order valence-corrected chi connectivity index (χ0v) is 10.9. The summed E-state index contributed by atoms with van der Waals surface area (Å²) < 4.78 is 5.37. The second-order valence-electron chi connectivity index (χ2n) is 4.22. The van der Waals surface area contributed by atoms with Crippen LogP contribution >= 0.6 is 11.6 Å². The molecule has 0 aliphatic carbocycles. The normalized spacial score (nSPS) is 19.4. The number of hydrogen-bond acceptors (Lipinski definition) is 5. The molecular weight excluding hydrogens is 240 g/mol. The van der Waals surface area contributed by atoms with Crippen LogP contribution in [-0.4, -0.2) is 43.8 Å². The summed E-state index contributed by atoms with van der Waals surface area (Å²) >= 11 is 6.03. The molecule has 1 unspecified atom stereocenters. The fraction of sp³-hybridized carbons (Fsp3) is 0.636. The van der Waals surface area contributed by atoms with Crippen LogP contribution in [0, 0.1) is 5.92 Å². The first kappa shape index (κ1) is 12.4. The third kappa shape index (κ3) is 2.79. The smallest absolute Gasteiger partial charge is 0.157 e. The van der Waals surface area contributed by atoms with Crippen LogP contribution in [0.4, 0.5) is 11.5 Å². The fourth-order valence-corrected chi connectivity index (χ4v) is 2.28. The van der Waals surface area contributed by atoms with E-state index in [1.807, 2.05) is 14.1 Å². The molecule has 0 radical (unpaired) electrons. The highest BCUT2D eigenvalue weighted by atomic mass is 35.5. The van der Waals surface area contributed by atoms with E-state index in [1.54, 1.807) is 0 Å². The molecular formula is C11H17ClN4O. The van der Waals surface area contributed by atoms with Gasteiger partial charge in [-0.25, -0.2) is 9.97 Å². The van der Waals surface area contributed by atoms with Crippen molar-refractivity contribution in [1.29, 1.82) is 0 Å². The predicted octanol–water partition coefficient (Wildman–Crippen LogP) is 1.64. The second-order valence-corrected chi connectivity index (χ2v) is 4.58. The van der Waals surface area contributed by atoms with Gasteiger partial charge in [0.2, 0.25) is 0 Å². The van der Waals surface area contributed by atoms with Crippen LogP contribution in [0.15, 0.2) is 6.33 Å². The zero-order valence-electron chi connectivity index (χ0n) is 10.1. The van der Waals surface area contributed by atoms with Crippen LogP contribution in [0.25, 0.3) is 0 Å². The Hall–Kier alpha value is -1.07. The van der Waals surface area contributed by atoms with Crippen molar-refractivity contribution in [2.24, 2.45) is 5.92 Å². The molecule has 1 saturated heterocycles. The van der Waals surface area contributed by atoms with Gasteiger partial charge in [-0.15, -0.1) is 0 Å². The Labute approximate surface area is 106 Å². The number of anilines is 2. The Balaban J connectivity index is 2.12. The molecule has 1 N–H and O–H groups in total. The third-order valence-electron chi connectivity index (χ3n) is 2.95. The van der Waals surface area contributed by atoms with Gasteiger partial charge in [0.15, 0.2) is 11.0 Å². The topological polar surface area (TPSA) is 50.3 Å². The summed E-state index contributed by atoms with van der Waals surface area (Å²) in [6, 6.07) is 0. The van der Waals surface area contributed by atoms with Gasteiger partial charge < -0.3 is 15.0 Å². The Kier molecular flexibility index (Phi) is 4.02. The van der Waals surface area contributed by atoms with E-state index >= 15 is 0 Å². The Morgan fingerprint density at radius 2 is 2.41 bits per heavy atom. The summed E-state index contributed by atoms with van der Waals surface area (Å²) in [7, 11) is 3.83. The van der Waals surface area contributed by atoms with Crippen LogP contribution in [0.5, 0.6) is 0 Å². The lowest BCUT2D eigenvalue weighted by molar-refractivity contribution is 0.186. The van der Waals surface area contributed by atoms with E-state index < -0.39 is 0 Å². The summed E-state index contributed by atoms with van der Waals surface area (Å²) in [5.41, 5.74) is 0.774. The van der Waals surface area contributed by atoms with Crippen LogP contribution in [0.2, 0.25) is 5.15 Å². The van der Waals surface area contributed by atoms with E-state index in [0.29, 0.717) is 11.1 Å².